The highest BCUT2D eigenvalue weighted by atomic mass is 79.9. The molecule has 0 bridgehead atoms. The number of aliphatic hydroxyl groups is 1. The van der Waals surface area contributed by atoms with E-state index in [9.17, 15) is 9.50 Å². The van der Waals surface area contributed by atoms with Crippen molar-refractivity contribution in [3.8, 4) is 5.88 Å². The number of pyridine rings is 1. The molecule has 3 unspecified atom stereocenters. The Kier molecular flexibility index (Phi) is 10.4. The molecule has 4 nitrogen and oxygen atoms in total. The average Bonchev–Trinajstić information content (AvgIpc) is 2.90. The summed E-state index contributed by atoms with van der Waals surface area (Å²) in [6.07, 6.45) is 7.83. The molecule has 0 fully saturated rings. The molecule has 0 saturated heterocycles. The first-order valence-corrected chi connectivity index (χ1v) is 13.4. The topological polar surface area (TPSA) is 45.6 Å². The van der Waals surface area contributed by atoms with Crippen LogP contribution >= 0.6 is 15.9 Å². The molecule has 1 heterocycles. The highest BCUT2D eigenvalue weighted by molar-refractivity contribution is 9.09. The number of hydrogen-bond acceptors (Lipinski definition) is 4. The molecule has 0 spiro atoms. The lowest BCUT2D eigenvalue weighted by Gasteiger charge is -2.39. The molecule has 1 aromatic heterocycles. The maximum atomic E-state index is 15.4. The fourth-order valence-electron chi connectivity index (χ4n) is 4.62. The van der Waals surface area contributed by atoms with Gasteiger partial charge in [0.25, 0.3) is 0 Å². The van der Waals surface area contributed by atoms with Crippen molar-refractivity contribution in [1.82, 2.24) is 9.88 Å². The van der Waals surface area contributed by atoms with E-state index in [0.29, 0.717) is 18.0 Å². The summed E-state index contributed by atoms with van der Waals surface area (Å²) < 4.78 is 35.6. The summed E-state index contributed by atoms with van der Waals surface area (Å²) in [5, 5.41) is 12.5. The molecule has 3 rings (SSSR count). The van der Waals surface area contributed by atoms with Crippen molar-refractivity contribution in [2.45, 2.75) is 36.6 Å². The first-order chi connectivity index (χ1) is 18.1. The molecule has 0 amide bonds. The van der Waals surface area contributed by atoms with Crippen LogP contribution in [0, 0.1) is 11.6 Å². The summed E-state index contributed by atoms with van der Waals surface area (Å²) in [4.78, 5) is 6.66. The highest BCUT2D eigenvalue weighted by Crippen LogP contribution is 2.48. The number of aromatic nitrogens is 1. The monoisotopic (exact) mass is 584 g/mol. The Balaban J connectivity index is 2.36. The third kappa shape index (κ3) is 6.76. The minimum atomic E-state index is -1.83. The van der Waals surface area contributed by atoms with Gasteiger partial charge < -0.3 is 14.7 Å². The molecule has 202 valence electrons. The van der Waals surface area contributed by atoms with E-state index >= 15 is 4.39 Å². The van der Waals surface area contributed by atoms with Crippen LogP contribution in [0.2, 0.25) is 0 Å². The van der Waals surface area contributed by atoms with Crippen LogP contribution in [0.4, 0.5) is 8.78 Å². The molecule has 1 N–H and O–H groups in total. The van der Waals surface area contributed by atoms with Gasteiger partial charge >= 0.3 is 0 Å². The van der Waals surface area contributed by atoms with Gasteiger partial charge in [-0.1, -0.05) is 76.6 Å². The Hall–Kier alpha value is -2.87. The molecule has 0 radical (unpaired) electrons. The second-order valence-electron chi connectivity index (χ2n) is 9.53. The van der Waals surface area contributed by atoms with Crippen molar-refractivity contribution in [3.05, 3.63) is 113 Å². The minimum absolute atomic E-state index is 0.111. The number of benzene rings is 2. The van der Waals surface area contributed by atoms with E-state index in [1.165, 1.54) is 19.2 Å². The molecule has 3 aromatic rings. The molecule has 0 saturated carbocycles. The predicted octanol–water partition coefficient (Wildman–Crippen LogP) is 7.08. The van der Waals surface area contributed by atoms with E-state index in [1.807, 2.05) is 87.5 Å². The lowest BCUT2D eigenvalue weighted by Crippen LogP contribution is -2.38. The Morgan fingerprint density at radius 2 is 1.87 bits per heavy atom. The zero-order valence-electron chi connectivity index (χ0n) is 22.5. The van der Waals surface area contributed by atoms with Gasteiger partial charge in [-0.3, -0.25) is 0 Å². The van der Waals surface area contributed by atoms with Gasteiger partial charge in [-0.05, 0) is 57.6 Å². The normalized spacial score (nSPS) is 15.5. The molecule has 0 aliphatic heterocycles. The third-order valence-corrected chi connectivity index (χ3v) is 6.84. The zero-order valence-corrected chi connectivity index (χ0v) is 24.0. The van der Waals surface area contributed by atoms with Crippen molar-refractivity contribution >= 4 is 21.5 Å². The quantitative estimate of drug-likeness (QED) is 0.193. The van der Waals surface area contributed by atoms with Crippen molar-refractivity contribution in [2.75, 3.05) is 27.7 Å². The summed E-state index contributed by atoms with van der Waals surface area (Å²) in [6.45, 7) is 4.38. The molecule has 0 aliphatic carbocycles. The van der Waals surface area contributed by atoms with Gasteiger partial charge in [0.2, 0.25) is 5.88 Å². The SMILES string of the molecule is C/C=C(\C=C/C(C)Br)c1cnc(OC)c(C(c2ccccc2)C(O)(CCN(C)C)c2cccc(F)c2F)c1. The van der Waals surface area contributed by atoms with Crippen molar-refractivity contribution in [2.24, 2.45) is 0 Å². The second kappa shape index (κ2) is 13.3. The Bertz CT molecular complexity index is 1280. The fraction of sp³-hybridized carbons (Fsp3) is 0.323. The van der Waals surface area contributed by atoms with Crippen LogP contribution < -0.4 is 4.74 Å². The smallest absolute Gasteiger partial charge is 0.217 e. The standard InChI is InChI=1S/C31H35BrF2N2O2/c1-6-22(16-15-21(2)32)24-19-25(30(38-5)35-20-24)28(23-11-8-7-9-12-23)31(37,17-18-36(3)4)26-13-10-14-27(33)29(26)34/h6-16,19-21,28,37H,17-18H2,1-5H3/b16-15-,22-6+. The molecular formula is C31H35BrF2N2O2. The van der Waals surface area contributed by atoms with E-state index in [0.717, 1.165) is 22.8 Å². The first-order valence-electron chi connectivity index (χ1n) is 12.5. The zero-order chi connectivity index (χ0) is 27.9. The summed E-state index contributed by atoms with van der Waals surface area (Å²) >= 11 is 3.54. The number of methoxy groups -OCH3 is 1. The molecular weight excluding hydrogens is 550 g/mol. The Morgan fingerprint density at radius 3 is 2.47 bits per heavy atom. The average molecular weight is 586 g/mol. The van der Waals surface area contributed by atoms with Crippen LogP contribution in [-0.4, -0.2) is 47.6 Å². The van der Waals surface area contributed by atoms with Gasteiger partial charge in [0.05, 0.1) is 7.11 Å². The summed E-state index contributed by atoms with van der Waals surface area (Å²) in [5.41, 5.74) is 1.08. The molecule has 2 aromatic carbocycles. The van der Waals surface area contributed by atoms with E-state index in [4.69, 9.17) is 4.74 Å². The van der Waals surface area contributed by atoms with Crippen LogP contribution in [-0.2, 0) is 5.60 Å². The van der Waals surface area contributed by atoms with Crippen molar-refractivity contribution in [3.63, 3.8) is 0 Å². The third-order valence-electron chi connectivity index (χ3n) is 6.54. The van der Waals surface area contributed by atoms with E-state index in [2.05, 4.69) is 20.9 Å². The van der Waals surface area contributed by atoms with Crippen molar-refractivity contribution in [1.29, 1.82) is 0 Å². The molecule has 7 heteroatoms. The minimum Gasteiger partial charge on any atom is -0.481 e. The number of hydrogen-bond donors (Lipinski definition) is 1. The van der Waals surface area contributed by atoms with Gasteiger partial charge in [0, 0.05) is 40.2 Å². The molecule has 0 aliphatic rings. The number of alkyl halides is 1. The van der Waals surface area contributed by atoms with Crippen LogP contribution in [0.5, 0.6) is 5.88 Å². The summed E-state index contributed by atoms with van der Waals surface area (Å²) in [7, 11) is 5.26. The number of allylic oxidation sites excluding steroid dienone is 4. The van der Waals surface area contributed by atoms with E-state index < -0.39 is 23.2 Å². The summed E-state index contributed by atoms with van der Waals surface area (Å²) in [5.74, 6) is -2.60. The number of halogens is 3. The lowest BCUT2D eigenvalue weighted by atomic mass is 9.71. The van der Waals surface area contributed by atoms with Gasteiger partial charge in [-0.15, -0.1) is 0 Å². The maximum absolute atomic E-state index is 15.4. The number of nitrogens with zero attached hydrogens (tertiary/aromatic N) is 2. The van der Waals surface area contributed by atoms with Crippen LogP contribution in [0.15, 0.2) is 79.0 Å². The van der Waals surface area contributed by atoms with E-state index in [1.54, 1.807) is 6.20 Å². The number of rotatable bonds is 11. The number of ether oxygens (including phenoxy) is 1. The Morgan fingerprint density at radius 1 is 1.16 bits per heavy atom. The fourth-order valence-corrected chi connectivity index (χ4v) is 4.78. The van der Waals surface area contributed by atoms with Crippen LogP contribution in [0.1, 0.15) is 48.4 Å². The highest BCUT2D eigenvalue weighted by Gasteiger charge is 2.44. The largest absolute Gasteiger partial charge is 0.481 e. The van der Waals surface area contributed by atoms with Crippen molar-refractivity contribution < 1.29 is 18.6 Å². The van der Waals surface area contributed by atoms with Gasteiger partial charge in [-0.25, -0.2) is 13.8 Å². The summed E-state index contributed by atoms with van der Waals surface area (Å²) in [6, 6.07) is 15.2. The van der Waals surface area contributed by atoms with Gasteiger partial charge in [0.15, 0.2) is 11.6 Å². The second-order valence-corrected chi connectivity index (χ2v) is 11.0. The van der Waals surface area contributed by atoms with Crippen LogP contribution in [0.25, 0.3) is 5.57 Å². The van der Waals surface area contributed by atoms with Crippen LogP contribution in [0.3, 0.4) is 0 Å². The first kappa shape index (κ1) is 29.7. The van der Waals surface area contributed by atoms with E-state index in [-0.39, 0.29) is 16.8 Å². The lowest BCUT2D eigenvalue weighted by molar-refractivity contribution is 0.0000232. The molecule has 3 atom stereocenters. The molecule has 38 heavy (non-hydrogen) atoms. The Labute approximate surface area is 232 Å². The van der Waals surface area contributed by atoms with Gasteiger partial charge in [-0.2, -0.15) is 0 Å². The predicted molar refractivity (Wildman–Crippen MR) is 154 cm³/mol. The maximum Gasteiger partial charge on any atom is 0.217 e. The van der Waals surface area contributed by atoms with Gasteiger partial charge in [0.1, 0.15) is 5.60 Å².